The first-order valence-corrected chi connectivity index (χ1v) is 8.75. The van der Waals surface area contributed by atoms with Crippen molar-refractivity contribution in [2.24, 2.45) is 0 Å². The normalized spacial score (nSPS) is 17.2. The second-order valence-corrected chi connectivity index (χ2v) is 6.72. The molecule has 2 N–H and O–H groups in total. The van der Waals surface area contributed by atoms with Crippen molar-refractivity contribution in [3.63, 3.8) is 0 Å². The highest BCUT2D eigenvalue weighted by Gasteiger charge is 2.32. The zero-order valence-electron chi connectivity index (χ0n) is 14.7. The van der Waals surface area contributed by atoms with Crippen LogP contribution in [0, 0.1) is 0 Å². The highest BCUT2D eigenvalue weighted by molar-refractivity contribution is 5.81. The lowest BCUT2D eigenvalue weighted by Crippen LogP contribution is -2.38. The van der Waals surface area contributed by atoms with Gasteiger partial charge in [0.2, 0.25) is 5.91 Å². The molecule has 1 aliphatic heterocycles. The molecule has 28 heavy (non-hydrogen) atoms. The van der Waals surface area contributed by atoms with Gasteiger partial charge in [-0.15, -0.1) is 0 Å². The van der Waals surface area contributed by atoms with Crippen LogP contribution in [0.25, 0.3) is 11.0 Å². The molecule has 0 spiro atoms. The molecular weight excluding hydrogens is 373 g/mol. The Kier molecular flexibility index (Phi) is 4.62. The summed E-state index contributed by atoms with van der Waals surface area (Å²) in [5.41, 5.74) is 1.97. The van der Waals surface area contributed by atoms with Crippen LogP contribution in [-0.4, -0.2) is 45.4 Å². The van der Waals surface area contributed by atoms with Crippen LogP contribution in [0.5, 0.6) is 0 Å². The van der Waals surface area contributed by atoms with Crippen molar-refractivity contribution in [2.75, 3.05) is 18.0 Å². The summed E-state index contributed by atoms with van der Waals surface area (Å²) in [7, 11) is 0. The van der Waals surface area contributed by atoms with Crippen molar-refractivity contribution >= 4 is 22.6 Å². The van der Waals surface area contributed by atoms with Gasteiger partial charge in [0.15, 0.2) is 0 Å². The summed E-state index contributed by atoms with van der Waals surface area (Å²) in [6.07, 6.45) is -2.29. The number of aromatic nitrogens is 4. The van der Waals surface area contributed by atoms with Gasteiger partial charge in [0, 0.05) is 19.1 Å². The van der Waals surface area contributed by atoms with Gasteiger partial charge in [-0.05, 0) is 36.2 Å². The molecule has 4 rings (SSSR count). The largest absolute Gasteiger partial charge is 0.433 e. The lowest BCUT2D eigenvalue weighted by atomic mass is 10.1. The average Bonchev–Trinajstić information content (AvgIpc) is 3.30. The van der Waals surface area contributed by atoms with Gasteiger partial charge >= 0.3 is 6.18 Å². The van der Waals surface area contributed by atoms with E-state index in [2.05, 4.69) is 25.7 Å². The molecule has 0 bridgehead atoms. The number of halogens is 3. The molecule has 1 amide bonds. The van der Waals surface area contributed by atoms with E-state index in [1.54, 1.807) is 6.07 Å². The summed E-state index contributed by atoms with van der Waals surface area (Å²) in [4.78, 5) is 17.7. The molecule has 0 aliphatic carbocycles. The van der Waals surface area contributed by atoms with Gasteiger partial charge in [-0.25, -0.2) is 4.98 Å². The number of fused-ring (bicyclic) bond motifs is 1. The summed E-state index contributed by atoms with van der Waals surface area (Å²) < 4.78 is 37.8. The highest BCUT2D eigenvalue weighted by Crippen LogP contribution is 2.29. The Hall–Kier alpha value is -3.17. The number of nitrogens with zero attached hydrogens (tertiary/aromatic N) is 4. The Bertz CT molecular complexity index is 985. The second-order valence-electron chi connectivity index (χ2n) is 6.72. The minimum absolute atomic E-state index is 0.0643. The van der Waals surface area contributed by atoms with Gasteiger partial charge in [-0.3, -0.25) is 4.79 Å². The Morgan fingerprint density at radius 3 is 2.79 bits per heavy atom. The molecule has 3 aromatic rings. The second kappa shape index (κ2) is 7.10. The Morgan fingerprint density at radius 1 is 1.21 bits per heavy atom. The first-order chi connectivity index (χ1) is 13.4. The third-order valence-electron chi connectivity index (χ3n) is 4.70. The van der Waals surface area contributed by atoms with Gasteiger partial charge in [0.25, 0.3) is 0 Å². The summed E-state index contributed by atoms with van der Waals surface area (Å²) >= 11 is 0. The fraction of sp³-hybridized carbons (Fsp3) is 0.333. The molecule has 1 unspecified atom stereocenters. The van der Waals surface area contributed by atoms with E-state index < -0.39 is 11.9 Å². The number of rotatable bonds is 4. The Morgan fingerprint density at radius 2 is 2.04 bits per heavy atom. The van der Waals surface area contributed by atoms with Crippen molar-refractivity contribution in [1.29, 1.82) is 0 Å². The van der Waals surface area contributed by atoms with E-state index in [-0.39, 0.29) is 18.4 Å². The van der Waals surface area contributed by atoms with Crippen LogP contribution in [0.2, 0.25) is 0 Å². The topological polar surface area (TPSA) is 86.8 Å². The minimum atomic E-state index is -4.45. The minimum Gasteiger partial charge on any atom is -0.368 e. The number of hydrogen-bond acceptors (Lipinski definition) is 5. The summed E-state index contributed by atoms with van der Waals surface area (Å²) in [5.74, 6) is -0.111. The van der Waals surface area contributed by atoms with Crippen LogP contribution < -0.4 is 10.2 Å². The van der Waals surface area contributed by atoms with Gasteiger partial charge in [-0.1, -0.05) is 6.07 Å². The van der Waals surface area contributed by atoms with Crippen LogP contribution in [0.3, 0.4) is 0 Å². The molecule has 1 atom stereocenters. The summed E-state index contributed by atoms with van der Waals surface area (Å²) in [6.45, 7) is 1.17. The maximum Gasteiger partial charge on any atom is 0.433 e. The van der Waals surface area contributed by atoms with Gasteiger partial charge in [0.1, 0.15) is 16.7 Å². The van der Waals surface area contributed by atoms with E-state index in [4.69, 9.17) is 0 Å². The number of carbonyl (C=O) groups excluding carboxylic acids is 1. The zero-order chi connectivity index (χ0) is 19.7. The first-order valence-electron chi connectivity index (χ1n) is 8.75. The number of aromatic amines is 1. The first kappa shape index (κ1) is 18.2. The van der Waals surface area contributed by atoms with Crippen molar-refractivity contribution in [1.82, 2.24) is 25.7 Å². The molecule has 1 aliphatic rings. The van der Waals surface area contributed by atoms with Crippen LogP contribution in [0.4, 0.5) is 18.9 Å². The molecule has 0 radical (unpaired) electrons. The number of anilines is 1. The third-order valence-corrected chi connectivity index (χ3v) is 4.70. The van der Waals surface area contributed by atoms with Gasteiger partial charge in [0.05, 0.1) is 18.3 Å². The summed E-state index contributed by atoms with van der Waals surface area (Å²) in [6, 6.07) is 7.77. The third kappa shape index (κ3) is 3.90. The van der Waals surface area contributed by atoms with E-state index in [1.807, 2.05) is 17.0 Å². The monoisotopic (exact) mass is 390 g/mol. The number of H-pyrrole nitrogens is 1. The van der Waals surface area contributed by atoms with Crippen molar-refractivity contribution in [2.45, 2.75) is 25.1 Å². The van der Waals surface area contributed by atoms with Crippen LogP contribution in [0.15, 0.2) is 36.5 Å². The molecular formula is C18H17F3N6O. The molecule has 2 aromatic heterocycles. The molecule has 0 saturated carbocycles. The molecule has 7 nitrogen and oxygen atoms in total. The van der Waals surface area contributed by atoms with Gasteiger partial charge < -0.3 is 10.2 Å². The fourth-order valence-corrected chi connectivity index (χ4v) is 3.31. The smallest absolute Gasteiger partial charge is 0.368 e. The summed E-state index contributed by atoms with van der Waals surface area (Å²) in [5, 5.41) is 13.5. The zero-order valence-corrected chi connectivity index (χ0v) is 14.7. The number of alkyl halides is 3. The molecule has 1 aromatic carbocycles. The van der Waals surface area contributed by atoms with Gasteiger partial charge in [-0.2, -0.15) is 28.6 Å². The van der Waals surface area contributed by atoms with E-state index in [1.165, 1.54) is 12.3 Å². The van der Waals surface area contributed by atoms with Crippen LogP contribution >= 0.6 is 0 Å². The van der Waals surface area contributed by atoms with E-state index in [9.17, 15) is 18.0 Å². The van der Waals surface area contributed by atoms with Crippen molar-refractivity contribution in [3.8, 4) is 0 Å². The number of nitrogens with one attached hydrogen (secondary N) is 2. The predicted molar refractivity (Wildman–Crippen MR) is 95.6 cm³/mol. The number of hydrogen-bond donors (Lipinski definition) is 2. The van der Waals surface area contributed by atoms with Crippen molar-refractivity contribution in [3.05, 3.63) is 47.8 Å². The highest BCUT2D eigenvalue weighted by atomic mass is 19.4. The number of carbonyl (C=O) groups is 1. The van der Waals surface area contributed by atoms with E-state index in [0.717, 1.165) is 23.6 Å². The van der Waals surface area contributed by atoms with Crippen molar-refractivity contribution < 1.29 is 18.0 Å². The Labute approximate surface area is 157 Å². The van der Waals surface area contributed by atoms with Crippen LogP contribution in [0.1, 0.15) is 17.7 Å². The maximum absolute atomic E-state index is 12.6. The number of benzene rings is 1. The molecule has 146 valence electrons. The standard InChI is InChI=1S/C18H17F3N6O/c19-18(20,21)16-4-2-13(9-22-16)27-6-5-12(10-27)23-17(28)8-11-1-3-14-15(7-11)25-26-24-14/h1-4,7,9,12H,5-6,8,10H2,(H,23,28)(H,24,25,26). The quantitative estimate of drug-likeness (QED) is 0.714. The maximum atomic E-state index is 12.6. The average molecular weight is 390 g/mol. The Balaban J connectivity index is 1.33. The molecule has 1 fully saturated rings. The van der Waals surface area contributed by atoms with E-state index >= 15 is 0 Å². The predicted octanol–water partition coefficient (Wildman–Crippen LogP) is 2.31. The SMILES string of the molecule is O=C(Cc1ccc2n[nH]nc2c1)NC1CCN(c2ccc(C(F)(F)F)nc2)C1. The lowest BCUT2D eigenvalue weighted by molar-refractivity contribution is -0.141. The molecule has 3 heterocycles. The lowest BCUT2D eigenvalue weighted by Gasteiger charge is -2.19. The number of amides is 1. The molecule has 10 heteroatoms. The van der Waals surface area contributed by atoms with E-state index in [0.29, 0.717) is 24.3 Å². The fourth-order valence-electron chi connectivity index (χ4n) is 3.31. The number of pyridine rings is 1. The molecule has 1 saturated heterocycles. The van der Waals surface area contributed by atoms with Crippen LogP contribution in [-0.2, 0) is 17.4 Å².